The van der Waals surface area contributed by atoms with Crippen molar-refractivity contribution < 1.29 is 40.7 Å². The van der Waals surface area contributed by atoms with Crippen molar-refractivity contribution in [2.45, 2.75) is 68.0 Å². The minimum Gasteiger partial charge on any atom is -0.453 e. The molecule has 9 nitrogen and oxygen atoms in total. The number of nitrogens with zero attached hydrogens (tertiary/aromatic N) is 1. The van der Waals surface area contributed by atoms with E-state index in [4.69, 9.17) is 9.47 Å². The van der Waals surface area contributed by atoms with E-state index in [1.165, 1.54) is 16.4 Å². The van der Waals surface area contributed by atoms with Crippen LogP contribution in [0, 0.1) is 23.4 Å². The van der Waals surface area contributed by atoms with Gasteiger partial charge in [-0.1, -0.05) is 30.3 Å². The summed E-state index contributed by atoms with van der Waals surface area (Å²) in [6.45, 7) is 3.39. The molecule has 0 aromatic heterocycles. The van der Waals surface area contributed by atoms with Crippen molar-refractivity contribution in [3.05, 3.63) is 101 Å². The van der Waals surface area contributed by atoms with Crippen LogP contribution in [0.4, 0.5) is 18.0 Å². The fourth-order valence-corrected chi connectivity index (χ4v) is 9.03. The van der Waals surface area contributed by atoms with Crippen LogP contribution in [-0.4, -0.2) is 76.1 Å². The normalized spacial score (nSPS) is 20.3. The number of nitrogens with one attached hydrogen (secondary N) is 2. The van der Waals surface area contributed by atoms with Crippen molar-refractivity contribution in [1.82, 2.24) is 14.9 Å². The lowest BCUT2D eigenvalue weighted by Crippen LogP contribution is -2.58. The van der Waals surface area contributed by atoms with Crippen molar-refractivity contribution in [2.75, 3.05) is 33.4 Å². The van der Waals surface area contributed by atoms with Crippen LogP contribution in [0.3, 0.4) is 0 Å². The Bertz CT molecular complexity index is 1700. The van der Waals surface area contributed by atoms with E-state index in [9.17, 15) is 26.8 Å². The summed E-state index contributed by atoms with van der Waals surface area (Å²) in [6.07, 6.45) is 0.162. The van der Waals surface area contributed by atoms with Crippen LogP contribution in [0.15, 0.2) is 71.6 Å². The first-order valence-corrected chi connectivity index (χ1v) is 17.9. The van der Waals surface area contributed by atoms with Crippen LogP contribution < -0.4 is 10.6 Å². The molecule has 13 heteroatoms. The van der Waals surface area contributed by atoms with E-state index >= 15 is 4.39 Å². The van der Waals surface area contributed by atoms with Gasteiger partial charge in [-0.2, -0.15) is 4.31 Å². The lowest BCUT2D eigenvalue weighted by molar-refractivity contribution is -0.121. The van der Waals surface area contributed by atoms with E-state index in [0.717, 1.165) is 25.3 Å². The Kier molecular flexibility index (Phi) is 12.1. The second-order valence-corrected chi connectivity index (χ2v) is 14.5. The predicted octanol–water partition coefficient (Wildman–Crippen LogP) is 5.13. The number of carbonyl (C=O) groups is 2. The van der Waals surface area contributed by atoms with E-state index < -0.39 is 57.4 Å². The van der Waals surface area contributed by atoms with Crippen molar-refractivity contribution >= 4 is 21.9 Å². The molecule has 264 valence electrons. The van der Waals surface area contributed by atoms with Gasteiger partial charge in [0.05, 0.1) is 18.0 Å². The number of halogens is 3. The van der Waals surface area contributed by atoms with Crippen LogP contribution in [0.5, 0.6) is 0 Å². The molecule has 3 aromatic carbocycles. The maximum atomic E-state index is 15.6. The third kappa shape index (κ3) is 8.69. The van der Waals surface area contributed by atoms with Crippen LogP contribution >= 0.6 is 0 Å². The van der Waals surface area contributed by atoms with Gasteiger partial charge in [0.2, 0.25) is 10.0 Å². The van der Waals surface area contributed by atoms with Crippen LogP contribution in [-0.2, 0) is 37.1 Å². The number of sulfonamides is 1. The number of alkyl carbamates (subject to hydrolysis) is 1. The van der Waals surface area contributed by atoms with Crippen molar-refractivity contribution in [3.8, 4) is 0 Å². The molecule has 2 aliphatic rings. The lowest BCUT2D eigenvalue weighted by Gasteiger charge is -2.40. The summed E-state index contributed by atoms with van der Waals surface area (Å²) in [6, 6.07) is 13.5. The number of amides is 1. The Morgan fingerprint density at radius 2 is 1.69 bits per heavy atom. The molecule has 0 spiro atoms. The first kappa shape index (κ1) is 36.5. The molecule has 5 rings (SSSR count). The second-order valence-electron chi connectivity index (χ2n) is 12.7. The molecule has 2 N–H and O–H groups in total. The first-order valence-electron chi connectivity index (χ1n) is 16.5. The zero-order valence-electron chi connectivity index (χ0n) is 27.5. The molecule has 4 atom stereocenters. The van der Waals surface area contributed by atoms with Crippen LogP contribution in [0.1, 0.15) is 48.8 Å². The van der Waals surface area contributed by atoms with Gasteiger partial charge in [0.1, 0.15) is 17.5 Å². The molecule has 2 fully saturated rings. The number of benzene rings is 3. The van der Waals surface area contributed by atoms with Gasteiger partial charge < -0.3 is 20.1 Å². The van der Waals surface area contributed by atoms with Gasteiger partial charge in [0, 0.05) is 56.8 Å². The Labute approximate surface area is 285 Å². The third-order valence-electron chi connectivity index (χ3n) is 9.45. The van der Waals surface area contributed by atoms with E-state index in [0.29, 0.717) is 44.7 Å². The average molecular weight is 702 g/mol. The number of rotatable bonds is 12. The Morgan fingerprint density at radius 3 is 2.37 bits per heavy atom. The van der Waals surface area contributed by atoms with Crippen LogP contribution in [0.2, 0.25) is 0 Å². The van der Waals surface area contributed by atoms with Crippen LogP contribution in [0.25, 0.3) is 0 Å². The number of hydrogen-bond donors (Lipinski definition) is 2. The predicted molar refractivity (Wildman–Crippen MR) is 177 cm³/mol. The minimum absolute atomic E-state index is 0.128. The van der Waals surface area contributed by atoms with Crippen molar-refractivity contribution in [3.63, 3.8) is 0 Å². The highest BCUT2D eigenvalue weighted by molar-refractivity contribution is 7.89. The molecule has 0 bridgehead atoms. The first-order chi connectivity index (χ1) is 23.5. The zero-order chi connectivity index (χ0) is 35.1. The van der Waals surface area contributed by atoms with Gasteiger partial charge in [-0.3, -0.25) is 4.79 Å². The molecule has 0 radical (unpaired) electrons. The highest BCUT2D eigenvalue weighted by atomic mass is 32.2. The molecule has 0 saturated carbocycles. The largest absolute Gasteiger partial charge is 0.453 e. The summed E-state index contributed by atoms with van der Waals surface area (Å²) in [5, 5.41) is 5.88. The third-order valence-corrected chi connectivity index (χ3v) is 11.5. The number of carbonyl (C=O) groups excluding carboxylic acids is 2. The Balaban J connectivity index is 1.44. The SMILES string of the molecule is COC(=O)N[C@H](C(=O)Cc1cccc(F)c1CC[C@H]1CNC[C@@H](C)N1S(=O)(=O)c1ccccc1)[C@@H](c1cc(F)cc(F)c1)C1CCOCC1. The molecule has 0 unspecified atom stereocenters. The van der Waals surface area contributed by atoms with Gasteiger partial charge in [0.15, 0.2) is 5.78 Å². The molecular weight excluding hydrogens is 659 g/mol. The maximum absolute atomic E-state index is 15.6. The standard InChI is InChI=1S/C36H42F3N3O6S/c1-23-21-40-22-29(42(23)49(45,46)30-8-4-3-5-9-30)11-12-31-25(7-6-10-32(31)39)19-33(43)35(41-36(44)47-2)34(24-13-15-48-16-14-24)26-17-27(37)20-28(38)18-26/h3-10,17-18,20,23-24,29,34-35,40H,11-16,19,21-22H2,1-2H3,(H,41,44)/t23-,29+,34-,35-/m1/s1. The highest BCUT2D eigenvalue weighted by Gasteiger charge is 2.40. The number of hydrogen-bond acceptors (Lipinski definition) is 7. The molecule has 0 aliphatic carbocycles. The molecule has 49 heavy (non-hydrogen) atoms. The number of ether oxygens (including phenoxy) is 2. The monoisotopic (exact) mass is 701 g/mol. The maximum Gasteiger partial charge on any atom is 0.407 e. The number of methoxy groups -OCH3 is 1. The lowest BCUT2D eigenvalue weighted by atomic mass is 9.74. The molecule has 2 heterocycles. The fraction of sp³-hybridized carbons (Fsp3) is 0.444. The van der Waals surface area contributed by atoms with Gasteiger partial charge in [0.25, 0.3) is 0 Å². The van der Waals surface area contributed by atoms with E-state index in [-0.39, 0.29) is 47.2 Å². The van der Waals surface area contributed by atoms with Gasteiger partial charge in [-0.05, 0) is 85.5 Å². The molecular formula is C36H42F3N3O6S. The minimum atomic E-state index is -3.85. The Morgan fingerprint density at radius 1 is 1.00 bits per heavy atom. The number of Topliss-reactive ketones (excluding diaryl/α,β-unsaturated/α-hetero) is 1. The Hall–Kier alpha value is -3.78. The van der Waals surface area contributed by atoms with Gasteiger partial charge >= 0.3 is 6.09 Å². The summed E-state index contributed by atoms with van der Waals surface area (Å²) >= 11 is 0. The summed E-state index contributed by atoms with van der Waals surface area (Å²) in [7, 11) is -2.70. The highest BCUT2D eigenvalue weighted by Crippen LogP contribution is 2.37. The summed E-state index contributed by atoms with van der Waals surface area (Å²) in [4.78, 5) is 27.0. The van der Waals surface area contributed by atoms with E-state index in [1.807, 2.05) is 6.92 Å². The molecule has 3 aromatic rings. The fourth-order valence-electron chi connectivity index (χ4n) is 7.17. The summed E-state index contributed by atoms with van der Waals surface area (Å²) < 4.78 is 83.8. The topological polar surface area (TPSA) is 114 Å². The molecule has 1 amide bonds. The number of piperazine rings is 1. The van der Waals surface area contributed by atoms with Crippen molar-refractivity contribution in [2.24, 2.45) is 5.92 Å². The summed E-state index contributed by atoms with van der Waals surface area (Å²) in [5.74, 6) is -3.79. The second kappa shape index (κ2) is 16.3. The molecule has 2 saturated heterocycles. The zero-order valence-corrected chi connectivity index (χ0v) is 28.4. The van der Waals surface area contributed by atoms with Gasteiger partial charge in [-0.15, -0.1) is 0 Å². The molecule has 2 aliphatic heterocycles. The average Bonchev–Trinajstić information content (AvgIpc) is 3.08. The van der Waals surface area contributed by atoms with E-state index in [1.54, 1.807) is 36.4 Å². The number of ketones is 1. The quantitative estimate of drug-likeness (QED) is 0.269. The smallest absolute Gasteiger partial charge is 0.407 e. The van der Waals surface area contributed by atoms with E-state index in [2.05, 4.69) is 10.6 Å². The summed E-state index contributed by atoms with van der Waals surface area (Å²) in [5.41, 5.74) is 0.826. The van der Waals surface area contributed by atoms with Crippen molar-refractivity contribution in [1.29, 1.82) is 0 Å². The van der Waals surface area contributed by atoms with Gasteiger partial charge in [-0.25, -0.2) is 26.4 Å².